The summed E-state index contributed by atoms with van der Waals surface area (Å²) in [6.45, 7) is 1.68. The van der Waals surface area contributed by atoms with Crippen LogP contribution in [0.1, 0.15) is 0 Å². The second-order valence-corrected chi connectivity index (χ2v) is 7.84. The first-order valence-corrected chi connectivity index (χ1v) is 9.56. The third-order valence-electron chi connectivity index (χ3n) is 4.65. The van der Waals surface area contributed by atoms with Gasteiger partial charge in [0.15, 0.2) is 10.9 Å². The topological polar surface area (TPSA) is 88.8 Å². The summed E-state index contributed by atoms with van der Waals surface area (Å²) in [4.78, 5) is 12.8. The molecule has 1 aliphatic heterocycles. The Hall–Kier alpha value is -2.55. The highest BCUT2D eigenvalue weighted by Crippen LogP contribution is 2.40. The quantitative estimate of drug-likeness (QED) is 0.486. The molecule has 0 amide bonds. The van der Waals surface area contributed by atoms with Crippen LogP contribution in [-0.2, 0) is 0 Å². The molecule has 9 heteroatoms. The van der Waals surface area contributed by atoms with Gasteiger partial charge in [-0.15, -0.1) is 0 Å². The fourth-order valence-electron chi connectivity index (χ4n) is 3.24. The zero-order valence-corrected chi connectivity index (χ0v) is 15.5. The molecule has 0 aliphatic carbocycles. The van der Waals surface area contributed by atoms with Crippen LogP contribution in [-0.4, -0.2) is 34.1 Å². The van der Waals surface area contributed by atoms with Gasteiger partial charge >= 0.3 is 0 Å². The maximum Gasteiger partial charge on any atom is 0.181 e. The number of aromatic nitrogens is 3. The van der Waals surface area contributed by atoms with Gasteiger partial charge < -0.3 is 16.4 Å². The van der Waals surface area contributed by atoms with E-state index in [1.54, 1.807) is 12.1 Å². The molecule has 0 radical (unpaired) electrons. The molecule has 2 aromatic carbocycles. The second kappa shape index (κ2) is 6.26. The molecule has 0 bridgehead atoms. The lowest BCUT2D eigenvalue weighted by molar-refractivity contribution is 0.471. The maximum atomic E-state index is 15.5. The molecule has 0 saturated carbocycles. The van der Waals surface area contributed by atoms with Crippen LogP contribution >= 0.6 is 22.9 Å². The number of fused-ring (bicyclic) bond motifs is 2. The number of nitrogens with zero attached hydrogens (tertiary/aromatic N) is 3. The monoisotopic (exact) mass is 400 g/mol. The summed E-state index contributed by atoms with van der Waals surface area (Å²) in [7, 11) is 0. The largest absolute Gasteiger partial charge is 0.375 e. The Morgan fingerprint density at radius 2 is 2.11 bits per heavy atom. The molecule has 6 nitrogen and oxygen atoms in total. The van der Waals surface area contributed by atoms with E-state index in [1.807, 2.05) is 12.1 Å². The standard InChI is InChI=1S/C18H14ClFN6S/c19-11-4-10-16(23-7-24-17(10)25-8-5-22-6-8)14(20)13(11)9-2-1-3-12-15(9)26-18(21)27-12/h1-4,7-8,22H,5-6H2,(H2,21,26)(H,23,24,25). The number of thiazole rings is 1. The molecule has 2 aromatic heterocycles. The van der Waals surface area contributed by atoms with Crippen molar-refractivity contribution in [3.8, 4) is 11.1 Å². The van der Waals surface area contributed by atoms with Crippen molar-refractivity contribution < 1.29 is 4.39 Å². The van der Waals surface area contributed by atoms with Crippen LogP contribution in [0, 0.1) is 5.82 Å². The van der Waals surface area contributed by atoms with Gasteiger partial charge in [0.2, 0.25) is 0 Å². The Morgan fingerprint density at radius 1 is 1.26 bits per heavy atom. The van der Waals surface area contributed by atoms with E-state index in [1.165, 1.54) is 17.7 Å². The van der Waals surface area contributed by atoms with Crippen molar-refractivity contribution in [3.05, 3.63) is 41.4 Å². The predicted molar refractivity (Wildman–Crippen MR) is 108 cm³/mol. The van der Waals surface area contributed by atoms with Gasteiger partial charge in [-0.05, 0) is 12.1 Å². The molecule has 3 heterocycles. The third kappa shape index (κ3) is 2.68. The van der Waals surface area contributed by atoms with Crippen molar-refractivity contribution in [1.29, 1.82) is 0 Å². The van der Waals surface area contributed by atoms with Crippen molar-refractivity contribution in [3.63, 3.8) is 0 Å². The number of hydrogen-bond acceptors (Lipinski definition) is 7. The number of nitrogen functional groups attached to an aromatic ring is 1. The molecule has 0 atom stereocenters. The molecule has 136 valence electrons. The number of nitrogens with one attached hydrogen (secondary N) is 2. The molecule has 1 aliphatic rings. The number of benzene rings is 2. The lowest BCUT2D eigenvalue weighted by atomic mass is 10.0. The predicted octanol–water partition coefficient (Wildman–Crippen LogP) is 3.66. The van der Waals surface area contributed by atoms with Gasteiger partial charge in [-0.3, -0.25) is 0 Å². The fourth-order valence-corrected chi connectivity index (χ4v) is 4.30. The Labute approximate surface area is 162 Å². The van der Waals surface area contributed by atoms with Gasteiger partial charge in [0, 0.05) is 29.6 Å². The Morgan fingerprint density at radius 3 is 2.89 bits per heavy atom. The Kier molecular flexibility index (Phi) is 3.85. The molecular formula is C18H14ClFN6S. The molecule has 0 unspecified atom stereocenters. The average Bonchev–Trinajstić information content (AvgIpc) is 2.99. The van der Waals surface area contributed by atoms with Crippen LogP contribution < -0.4 is 16.4 Å². The minimum absolute atomic E-state index is 0.222. The summed E-state index contributed by atoms with van der Waals surface area (Å²) in [6.07, 6.45) is 1.36. The summed E-state index contributed by atoms with van der Waals surface area (Å²) in [5.41, 5.74) is 7.56. The zero-order chi connectivity index (χ0) is 18.5. The smallest absolute Gasteiger partial charge is 0.181 e. The first-order valence-electron chi connectivity index (χ1n) is 8.37. The van der Waals surface area contributed by atoms with Crippen LogP contribution in [0.25, 0.3) is 32.2 Å². The van der Waals surface area contributed by atoms with Gasteiger partial charge in [-0.1, -0.05) is 35.1 Å². The number of halogens is 2. The minimum Gasteiger partial charge on any atom is -0.375 e. The van der Waals surface area contributed by atoms with Gasteiger partial charge in [-0.2, -0.15) is 0 Å². The SMILES string of the molecule is Nc1nc2c(-c3c(Cl)cc4c(NC5CNC5)ncnc4c3F)cccc2s1. The highest BCUT2D eigenvalue weighted by atomic mass is 35.5. The fraction of sp³-hybridized carbons (Fsp3) is 0.167. The summed E-state index contributed by atoms with van der Waals surface area (Å²) in [5, 5.41) is 7.75. The number of rotatable bonds is 3. The van der Waals surface area contributed by atoms with E-state index in [0.29, 0.717) is 27.4 Å². The summed E-state index contributed by atoms with van der Waals surface area (Å²) < 4.78 is 16.4. The van der Waals surface area contributed by atoms with Crippen LogP contribution in [0.2, 0.25) is 5.02 Å². The normalized spacial score (nSPS) is 14.6. The van der Waals surface area contributed by atoms with Gasteiger partial charge in [0.1, 0.15) is 17.7 Å². The van der Waals surface area contributed by atoms with E-state index in [2.05, 4.69) is 25.6 Å². The number of anilines is 2. The molecule has 4 aromatic rings. The molecule has 5 rings (SSSR count). The van der Waals surface area contributed by atoms with Crippen molar-refractivity contribution in [2.45, 2.75) is 6.04 Å². The number of nitrogens with two attached hydrogens (primary N) is 1. The first kappa shape index (κ1) is 16.6. The summed E-state index contributed by atoms with van der Waals surface area (Å²) in [6, 6.07) is 7.50. The second-order valence-electron chi connectivity index (χ2n) is 6.37. The van der Waals surface area contributed by atoms with Crippen LogP contribution in [0.5, 0.6) is 0 Å². The van der Waals surface area contributed by atoms with Crippen LogP contribution in [0.15, 0.2) is 30.6 Å². The van der Waals surface area contributed by atoms with Gasteiger partial charge in [-0.25, -0.2) is 19.3 Å². The van der Waals surface area contributed by atoms with Crippen molar-refractivity contribution in [1.82, 2.24) is 20.3 Å². The molecule has 1 fully saturated rings. The molecule has 4 N–H and O–H groups in total. The lowest BCUT2D eigenvalue weighted by Gasteiger charge is -2.28. The molecule has 27 heavy (non-hydrogen) atoms. The van der Waals surface area contributed by atoms with Gasteiger partial charge in [0.25, 0.3) is 0 Å². The zero-order valence-electron chi connectivity index (χ0n) is 14.0. The average molecular weight is 401 g/mol. The Bertz CT molecular complexity index is 1190. The highest BCUT2D eigenvalue weighted by Gasteiger charge is 2.22. The molecule has 1 saturated heterocycles. The molecular weight excluding hydrogens is 387 g/mol. The molecule has 0 spiro atoms. The highest BCUT2D eigenvalue weighted by molar-refractivity contribution is 7.22. The van der Waals surface area contributed by atoms with Crippen molar-refractivity contribution in [2.75, 3.05) is 24.1 Å². The summed E-state index contributed by atoms with van der Waals surface area (Å²) >= 11 is 7.87. The van der Waals surface area contributed by atoms with E-state index in [4.69, 9.17) is 17.3 Å². The third-order valence-corrected chi connectivity index (χ3v) is 5.80. The van der Waals surface area contributed by atoms with E-state index in [9.17, 15) is 0 Å². The number of para-hydroxylation sites is 1. The van der Waals surface area contributed by atoms with Crippen LogP contribution in [0.4, 0.5) is 15.3 Å². The number of hydrogen-bond donors (Lipinski definition) is 3. The van der Waals surface area contributed by atoms with E-state index < -0.39 is 5.82 Å². The van der Waals surface area contributed by atoms with Crippen molar-refractivity contribution in [2.24, 2.45) is 0 Å². The van der Waals surface area contributed by atoms with Crippen molar-refractivity contribution >= 4 is 55.0 Å². The maximum absolute atomic E-state index is 15.5. The van der Waals surface area contributed by atoms with Gasteiger partial charge in [0.05, 0.1) is 21.3 Å². The minimum atomic E-state index is -0.492. The summed E-state index contributed by atoms with van der Waals surface area (Å²) in [5.74, 6) is 0.0868. The van der Waals surface area contributed by atoms with Crippen LogP contribution in [0.3, 0.4) is 0 Å². The van der Waals surface area contributed by atoms with E-state index in [0.717, 1.165) is 17.8 Å². The van der Waals surface area contributed by atoms with E-state index in [-0.39, 0.29) is 22.1 Å². The lowest BCUT2D eigenvalue weighted by Crippen LogP contribution is -2.51. The Balaban J connectivity index is 1.73. The van der Waals surface area contributed by atoms with E-state index >= 15 is 4.39 Å². The first-order chi connectivity index (χ1) is 13.1.